The second-order valence-electron chi connectivity index (χ2n) is 6.73. The number of nitrogens with zero attached hydrogens (tertiary/aromatic N) is 3. The van der Waals surface area contributed by atoms with Gasteiger partial charge in [0.1, 0.15) is 24.7 Å². The number of carbonyl (C=O) groups excluding carboxylic acids is 1. The van der Waals surface area contributed by atoms with Crippen molar-refractivity contribution in [3.63, 3.8) is 0 Å². The molecule has 3 aromatic rings. The number of benzene rings is 2. The average molecular weight is 400 g/mol. The van der Waals surface area contributed by atoms with E-state index in [9.17, 15) is 4.79 Å². The molecule has 0 unspecified atom stereocenters. The fraction of sp³-hybridized carbons (Fsp3) is 0.364. The standard InChI is InChI=1S/C22H26ClN3O2/c1-3-13-25(14-4-2)22(27)15-26-20-8-6-5-7-19(20)24-21(26)16-28-18-11-9-17(23)10-12-18/h5-12H,3-4,13-16H2,1-2H3. The number of carbonyl (C=O) groups is 1. The molecule has 0 aliphatic rings. The third-order valence-corrected chi connectivity index (χ3v) is 4.80. The molecule has 0 bridgehead atoms. The van der Waals surface area contributed by atoms with E-state index in [1.807, 2.05) is 45.9 Å². The van der Waals surface area contributed by atoms with E-state index in [2.05, 4.69) is 13.8 Å². The fourth-order valence-corrected chi connectivity index (χ4v) is 3.35. The Kier molecular flexibility index (Phi) is 6.93. The fourth-order valence-electron chi connectivity index (χ4n) is 3.23. The molecule has 0 aliphatic heterocycles. The Hall–Kier alpha value is -2.53. The molecule has 0 radical (unpaired) electrons. The van der Waals surface area contributed by atoms with E-state index in [-0.39, 0.29) is 19.1 Å². The molecular formula is C22H26ClN3O2. The van der Waals surface area contributed by atoms with Crippen LogP contribution >= 0.6 is 11.6 Å². The number of imidazole rings is 1. The lowest BCUT2D eigenvalue weighted by Crippen LogP contribution is -2.35. The van der Waals surface area contributed by atoms with E-state index in [4.69, 9.17) is 21.3 Å². The van der Waals surface area contributed by atoms with E-state index in [0.29, 0.717) is 10.8 Å². The van der Waals surface area contributed by atoms with Crippen molar-refractivity contribution in [3.05, 3.63) is 59.4 Å². The summed E-state index contributed by atoms with van der Waals surface area (Å²) in [5, 5.41) is 0.664. The van der Waals surface area contributed by atoms with Crippen molar-refractivity contribution in [2.45, 2.75) is 39.8 Å². The Morgan fingerprint density at radius 2 is 1.75 bits per heavy atom. The first-order valence-corrected chi connectivity index (χ1v) is 10.1. The van der Waals surface area contributed by atoms with Crippen molar-refractivity contribution in [2.75, 3.05) is 13.1 Å². The lowest BCUT2D eigenvalue weighted by atomic mass is 10.3. The largest absolute Gasteiger partial charge is 0.486 e. The number of amides is 1. The van der Waals surface area contributed by atoms with E-state index in [0.717, 1.165) is 42.8 Å². The summed E-state index contributed by atoms with van der Waals surface area (Å²) in [6, 6.07) is 15.1. The quantitative estimate of drug-likeness (QED) is 0.513. The van der Waals surface area contributed by atoms with Gasteiger partial charge in [-0.25, -0.2) is 4.98 Å². The first kappa shape index (κ1) is 20.2. The van der Waals surface area contributed by atoms with Crippen molar-refractivity contribution in [2.24, 2.45) is 0 Å². The lowest BCUT2D eigenvalue weighted by Gasteiger charge is -2.22. The maximum Gasteiger partial charge on any atom is 0.242 e. The van der Waals surface area contributed by atoms with Crippen LogP contribution in [0.25, 0.3) is 11.0 Å². The highest BCUT2D eigenvalue weighted by atomic mass is 35.5. The number of ether oxygens (including phenoxy) is 1. The summed E-state index contributed by atoms with van der Waals surface area (Å²) in [6.45, 7) is 6.28. The van der Waals surface area contributed by atoms with E-state index < -0.39 is 0 Å². The highest BCUT2D eigenvalue weighted by Gasteiger charge is 2.18. The Bertz CT molecular complexity index is 915. The Morgan fingerprint density at radius 3 is 2.43 bits per heavy atom. The van der Waals surface area contributed by atoms with E-state index in [1.54, 1.807) is 12.1 Å². The highest BCUT2D eigenvalue weighted by molar-refractivity contribution is 6.30. The second-order valence-corrected chi connectivity index (χ2v) is 7.16. The molecule has 28 heavy (non-hydrogen) atoms. The predicted molar refractivity (Wildman–Crippen MR) is 113 cm³/mol. The van der Waals surface area contributed by atoms with Crippen molar-refractivity contribution in [1.29, 1.82) is 0 Å². The number of rotatable bonds is 9. The van der Waals surface area contributed by atoms with Crippen LogP contribution in [0.3, 0.4) is 0 Å². The second kappa shape index (κ2) is 9.60. The van der Waals surface area contributed by atoms with Gasteiger partial charge in [0.15, 0.2) is 0 Å². The number of hydrogen-bond acceptors (Lipinski definition) is 3. The third kappa shape index (κ3) is 4.84. The summed E-state index contributed by atoms with van der Waals surface area (Å²) in [7, 11) is 0. The van der Waals surface area contributed by atoms with Gasteiger partial charge in [0, 0.05) is 18.1 Å². The molecule has 0 saturated heterocycles. The molecule has 0 fully saturated rings. The molecular weight excluding hydrogens is 374 g/mol. The number of hydrogen-bond donors (Lipinski definition) is 0. The topological polar surface area (TPSA) is 47.4 Å². The van der Waals surface area contributed by atoms with Gasteiger partial charge in [-0.2, -0.15) is 0 Å². The number of aromatic nitrogens is 2. The third-order valence-electron chi connectivity index (χ3n) is 4.55. The molecule has 1 heterocycles. The summed E-state index contributed by atoms with van der Waals surface area (Å²) in [4.78, 5) is 19.5. The van der Waals surface area contributed by atoms with Crippen LogP contribution < -0.4 is 4.74 Å². The Labute approximate surface area is 170 Å². The average Bonchev–Trinajstić information content (AvgIpc) is 3.05. The van der Waals surface area contributed by atoms with E-state index in [1.165, 1.54) is 0 Å². The summed E-state index contributed by atoms with van der Waals surface area (Å²) < 4.78 is 7.85. The molecule has 1 amide bonds. The van der Waals surface area contributed by atoms with Crippen LogP contribution in [-0.2, 0) is 17.9 Å². The monoisotopic (exact) mass is 399 g/mol. The maximum atomic E-state index is 12.9. The zero-order valence-electron chi connectivity index (χ0n) is 16.4. The smallest absolute Gasteiger partial charge is 0.242 e. The first-order valence-electron chi connectivity index (χ1n) is 9.72. The lowest BCUT2D eigenvalue weighted by molar-refractivity contribution is -0.131. The van der Waals surface area contributed by atoms with Crippen molar-refractivity contribution < 1.29 is 9.53 Å². The minimum Gasteiger partial charge on any atom is -0.486 e. The van der Waals surface area contributed by atoms with Gasteiger partial charge in [-0.15, -0.1) is 0 Å². The van der Waals surface area contributed by atoms with Gasteiger partial charge in [0.05, 0.1) is 11.0 Å². The van der Waals surface area contributed by atoms with Gasteiger partial charge in [-0.1, -0.05) is 37.6 Å². The molecule has 0 aliphatic carbocycles. The van der Waals surface area contributed by atoms with Crippen LogP contribution in [0.4, 0.5) is 0 Å². The van der Waals surface area contributed by atoms with Gasteiger partial charge in [-0.3, -0.25) is 4.79 Å². The maximum absolute atomic E-state index is 12.9. The minimum atomic E-state index is 0.111. The molecule has 0 spiro atoms. The van der Waals surface area contributed by atoms with Crippen LogP contribution in [0.1, 0.15) is 32.5 Å². The Morgan fingerprint density at radius 1 is 1.07 bits per heavy atom. The molecule has 0 saturated carbocycles. The molecule has 1 aromatic heterocycles. The summed E-state index contributed by atoms with van der Waals surface area (Å²) in [5.74, 6) is 1.56. The zero-order valence-corrected chi connectivity index (χ0v) is 17.2. The summed E-state index contributed by atoms with van der Waals surface area (Å²) in [6.07, 6.45) is 1.89. The Balaban J connectivity index is 1.84. The number of fused-ring (bicyclic) bond motifs is 1. The summed E-state index contributed by atoms with van der Waals surface area (Å²) >= 11 is 5.93. The minimum absolute atomic E-state index is 0.111. The highest BCUT2D eigenvalue weighted by Crippen LogP contribution is 2.20. The van der Waals surface area contributed by atoms with Crippen LogP contribution in [-0.4, -0.2) is 33.4 Å². The molecule has 0 atom stereocenters. The van der Waals surface area contributed by atoms with Gasteiger partial charge >= 0.3 is 0 Å². The normalized spacial score (nSPS) is 11.0. The van der Waals surface area contributed by atoms with E-state index >= 15 is 0 Å². The van der Waals surface area contributed by atoms with Gasteiger partial charge < -0.3 is 14.2 Å². The van der Waals surface area contributed by atoms with Crippen LogP contribution in [0.15, 0.2) is 48.5 Å². The first-order chi connectivity index (χ1) is 13.6. The molecule has 3 rings (SSSR count). The molecule has 148 valence electrons. The molecule has 2 aromatic carbocycles. The van der Waals surface area contributed by atoms with Crippen molar-refractivity contribution in [3.8, 4) is 5.75 Å². The molecule has 6 heteroatoms. The van der Waals surface area contributed by atoms with Crippen LogP contribution in [0.2, 0.25) is 5.02 Å². The van der Waals surface area contributed by atoms with Crippen molar-refractivity contribution >= 4 is 28.5 Å². The van der Waals surface area contributed by atoms with Crippen LogP contribution in [0.5, 0.6) is 5.75 Å². The van der Waals surface area contributed by atoms with Gasteiger partial charge in [0.25, 0.3) is 0 Å². The van der Waals surface area contributed by atoms with Crippen molar-refractivity contribution in [1.82, 2.24) is 14.5 Å². The molecule has 5 nitrogen and oxygen atoms in total. The number of halogens is 1. The zero-order chi connectivity index (χ0) is 19.9. The van der Waals surface area contributed by atoms with Gasteiger partial charge in [-0.05, 0) is 49.2 Å². The SMILES string of the molecule is CCCN(CCC)C(=O)Cn1c(COc2ccc(Cl)cc2)nc2ccccc21. The number of para-hydroxylation sites is 2. The molecule has 0 N–H and O–H groups in total. The van der Waals surface area contributed by atoms with Crippen LogP contribution in [0, 0.1) is 0 Å². The summed E-state index contributed by atoms with van der Waals surface area (Å²) in [5.41, 5.74) is 1.81. The van der Waals surface area contributed by atoms with Gasteiger partial charge in [0.2, 0.25) is 5.91 Å². The predicted octanol–water partition coefficient (Wildman–Crippen LogP) is 4.92.